The van der Waals surface area contributed by atoms with Crippen LogP contribution in [0.25, 0.3) is 0 Å². The number of alkyl halides is 1. The number of aliphatic hydroxyl groups excluding tert-OH is 11. The number of cyclic esters (lactones) is 5. The first kappa shape index (κ1) is 128. The van der Waals surface area contributed by atoms with Gasteiger partial charge in [-0.1, -0.05) is 122 Å². The Labute approximate surface area is 807 Å². The van der Waals surface area contributed by atoms with Crippen LogP contribution < -0.4 is 35.3 Å². The summed E-state index contributed by atoms with van der Waals surface area (Å²) in [5.41, 5.74) is 6.54. The zero-order valence-corrected chi connectivity index (χ0v) is 85.6. The zero-order chi connectivity index (χ0) is 98.6. The third kappa shape index (κ3) is 41.2. The molecule has 0 bridgehead atoms. The van der Waals surface area contributed by atoms with Crippen LogP contribution in [0.5, 0.6) is 0 Å². The molecule has 761 valence electrons. The van der Waals surface area contributed by atoms with Crippen LogP contribution in [0.1, 0.15) is 172 Å². The third-order valence-electron chi connectivity index (χ3n) is 20.4. The molecule has 0 aliphatic carbocycles. The van der Waals surface area contributed by atoms with Crippen LogP contribution in [0.4, 0.5) is 0 Å². The van der Waals surface area contributed by atoms with Gasteiger partial charge in [0.2, 0.25) is 0 Å². The number of hydrogen-bond acceptors (Lipinski definition) is 43. The molecule has 45 nitrogen and oxygen atoms in total. The number of ether oxygens (including phenoxy) is 18. The summed E-state index contributed by atoms with van der Waals surface area (Å²) in [6.45, 7) is 39.5. The first-order chi connectivity index (χ1) is 58.5. The van der Waals surface area contributed by atoms with E-state index in [1.165, 1.54) is 9.61 Å². The Hall–Kier alpha value is -2.73. The van der Waals surface area contributed by atoms with E-state index in [1.807, 2.05) is 78.8 Å². The minimum absolute atomic E-state index is 0. The summed E-state index contributed by atoms with van der Waals surface area (Å²) >= 11 is 2.52. The number of carbonyl (C=O) groups is 5. The fourth-order valence-corrected chi connectivity index (χ4v) is 18.0. The second kappa shape index (κ2) is 54.3. The summed E-state index contributed by atoms with van der Waals surface area (Å²) in [4.78, 5) is 55.3. The molecule has 0 spiro atoms. The van der Waals surface area contributed by atoms with Crippen molar-refractivity contribution in [2.45, 2.75) is 377 Å². The Morgan fingerprint density at radius 2 is 0.802 bits per heavy atom. The standard InChI is InChI=1S/C11H22O8S2.2C9H14O4.C9H18O4.2C8H12O5.C7H17ISi.C7H9N.C5H10O5.C5H8O5.CH4.B.Na.H2O4S.H/c1-6-8(19-21(5,14)15)10-9(7-16-20(4,12)13)17-11(2,3)18-10;2*1-4-5-6-7(8(10)11-5)13-9(2,3)12-6;1-4-6(11)8-7(5-10)12-9(2,3)13-8;2*1-8(2)12-5-4(3-9)11-7(10)6(5)13-8;1-7(2,3)9(4,5)6-8;8-6-7-4-2-1-3-5-7;2*6-1-2-3(7)4(8)5(9)10-2;;;;1-5(2,3)4;/h8-10H,6-7H2,1-5H3;2*5-7H,4H2,1-3H3;6-8,10-11H,4-5H2,1-3H3;2*4-6,9H,3H2,1-2H3;6H2,1-5H3;1-5H,6,8H2;2-9H,1H2;2-4,6-8H,1H2;1H4;;;(H2,1,2,3,4);/q;;;;;;;;;;;;+1;;-1/t8-,9?,10+;5-,6+,7?;5-,6-,7?;6-,7?,8+;4-,5+,6?;4-,5-,6?;;;2-,3-,4-,5?;2-,3-,4-;;;;;/m001001..11...../s1. The van der Waals surface area contributed by atoms with Crippen LogP contribution in [-0.2, 0) is 155 Å². The Morgan fingerprint density at radius 3 is 1.05 bits per heavy atom. The van der Waals surface area contributed by atoms with Crippen molar-refractivity contribution in [3.63, 3.8) is 0 Å². The number of nitrogens with two attached hydrogens (primary N) is 1. The van der Waals surface area contributed by atoms with Gasteiger partial charge < -0.3 is 149 Å². The molecule has 0 amide bonds. The van der Waals surface area contributed by atoms with Crippen molar-refractivity contribution in [3.05, 3.63) is 35.9 Å². The molecule has 1 aromatic rings. The van der Waals surface area contributed by atoms with E-state index in [0.29, 0.717) is 24.4 Å². The predicted octanol–water partition coefficient (Wildman–Crippen LogP) is -2.58. The summed E-state index contributed by atoms with van der Waals surface area (Å²) in [5, 5.41) is 97.9. The Kier molecular flexibility index (Phi) is 53.2. The number of esters is 5. The van der Waals surface area contributed by atoms with E-state index in [1.54, 1.807) is 62.3 Å². The molecule has 13 rings (SSSR count). The van der Waals surface area contributed by atoms with Gasteiger partial charge in [0.15, 0.2) is 89.8 Å². The van der Waals surface area contributed by atoms with E-state index in [4.69, 9.17) is 158 Å². The normalized spacial score (nSPS) is 33.1. The van der Waals surface area contributed by atoms with Gasteiger partial charge in [-0.25, -0.2) is 24.0 Å². The van der Waals surface area contributed by atoms with Crippen molar-refractivity contribution in [2.75, 3.05) is 56.2 Å². The molecule has 1 aromatic carbocycles. The molecular weight excluding hydrogens is 1950 g/mol. The van der Waals surface area contributed by atoms with Gasteiger partial charge in [0, 0.05) is 15.0 Å². The van der Waals surface area contributed by atoms with E-state index in [-0.39, 0.29) is 110 Å². The predicted molar refractivity (Wildman–Crippen MR) is 469 cm³/mol. The fraction of sp³-hybridized carbons (Fsp3) is 0.861. The molecule has 7 unspecified atom stereocenters. The van der Waals surface area contributed by atoms with Crippen molar-refractivity contribution < 1.29 is 239 Å². The number of aliphatic hydroxyl groups is 11. The molecule has 3 radical (unpaired) electrons. The van der Waals surface area contributed by atoms with E-state index in [2.05, 4.69) is 65.9 Å². The van der Waals surface area contributed by atoms with E-state index < -0.39 is 233 Å². The average Bonchev–Trinajstić information content (AvgIpc) is 1.63. The van der Waals surface area contributed by atoms with Crippen molar-refractivity contribution in [1.29, 1.82) is 0 Å². The van der Waals surface area contributed by atoms with Gasteiger partial charge in [0.1, 0.15) is 91.6 Å². The van der Waals surface area contributed by atoms with Crippen LogP contribution >= 0.6 is 22.6 Å². The van der Waals surface area contributed by atoms with Gasteiger partial charge in [-0.15, -0.1) is 0 Å². The average molecular weight is 2100 g/mol. The van der Waals surface area contributed by atoms with Gasteiger partial charge in [-0.2, -0.15) is 25.3 Å². The number of fused-ring (bicyclic) bond motifs is 4. The van der Waals surface area contributed by atoms with Gasteiger partial charge in [0.05, 0.1) is 66.3 Å². The Bertz CT molecular complexity index is 3770. The molecule has 0 saturated carbocycles. The van der Waals surface area contributed by atoms with Gasteiger partial charge in [0.25, 0.3) is 20.2 Å². The van der Waals surface area contributed by atoms with Crippen molar-refractivity contribution in [3.8, 4) is 0 Å². The van der Waals surface area contributed by atoms with Crippen LogP contribution in [-0.4, -0.2) is 381 Å². The molecule has 12 fully saturated rings. The number of benzene rings is 1. The van der Waals surface area contributed by atoms with Gasteiger partial charge in [-0.3, -0.25) is 17.5 Å². The topological polar surface area (TPSA) is 661 Å². The number of rotatable bonds is 18. The first-order valence-corrected chi connectivity index (χ1v) is 51.0. The van der Waals surface area contributed by atoms with Gasteiger partial charge >= 0.3 is 69.8 Å². The molecule has 12 aliphatic rings. The minimum Gasteiger partial charge on any atom is -1.00 e. The molecule has 0 aromatic heterocycles. The maximum Gasteiger partial charge on any atom is 1.00 e. The summed E-state index contributed by atoms with van der Waals surface area (Å²) in [6.07, 6.45) is -13.0. The maximum atomic E-state index is 11.3. The molecule has 25 atom stereocenters. The van der Waals surface area contributed by atoms with E-state index >= 15 is 0 Å². The third-order valence-corrected chi connectivity index (χ3v) is 32.0. The van der Waals surface area contributed by atoms with Crippen LogP contribution in [0.2, 0.25) is 18.1 Å². The maximum absolute atomic E-state index is 11.3. The molecule has 15 N–H and O–H groups in total. The van der Waals surface area contributed by atoms with Crippen molar-refractivity contribution >= 4 is 99.6 Å². The number of halogens is 1. The summed E-state index contributed by atoms with van der Waals surface area (Å²) < 4.78 is 182. The second-order valence-electron chi connectivity index (χ2n) is 35.1. The summed E-state index contributed by atoms with van der Waals surface area (Å²) in [7, 11) is -12.9. The molecule has 52 heteroatoms. The minimum atomic E-state index is -4.67. The quantitative estimate of drug-likeness (QED) is 0.0136. The zero-order valence-electron chi connectivity index (χ0n) is 79.0. The second-order valence-corrected chi connectivity index (χ2v) is 47.0. The number of carbonyl (C=O) groups excluding carboxylic acids is 5. The Morgan fingerprint density at radius 1 is 0.473 bits per heavy atom. The van der Waals surface area contributed by atoms with Crippen LogP contribution in [0.3, 0.4) is 0 Å². The SMILES string of the molecule is C.CC(C)(C)[Si](C)(C)CI.CC1(C)OC2C(=O)O[C@@H](CO)[C@H]2O1.CC1(C)OC2C(=O)O[C@H](CO)[C@H]2O1.CC[C@@H]1OC(=O)C2OC(C)(C)O[C@@H]21.CC[C@H](O)[C@H]1OC(C)(C)OC1CO.CC[C@H](OS(C)(=O)=O)[C@H]1OC(C)(C)OC1COS(C)(=O)=O.CC[C@H]1OC(=O)C2OC(C)(C)O[C@@H]21.NCc1ccccc1.O=C1O[C@H](CO)[C@@H](O)[C@H]1O.O=S(=O)(O)O.OC[C@H]1OC(O)[C@H](O)[C@@H]1O.[B].[H-].[Na+]. The van der Waals surface area contributed by atoms with E-state index in [9.17, 15) is 45.9 Å². The van der Waals surface area contributed by atoms with E-state index in [0.717, 1.165) is 25.4 Å². The fourth-order valence-electron chi connectivity index (χ4n) is 13.1. The molecular formula is C79H143BINNaO44S3Si. The molecule has 12 saturated heterocycles. The monoisotopic (exact) mass is 2090 g/mol. The van der Waals surface area contributed by atoms with Crippen LogP contribution in [0.15, 0.2) is 30.3 Å². The largest absolute Gasteiger partial charge is 1.00 e. The summed E-state index contributed by atoms with van der Waals surface area (Å²) in [6, 6.07) is 9.99. The smallest absolute Gasteiger partial charge is 1.00 e. The van der Waals surface area contributed by atoms with Crippen molar-refractivity contribution in [1.82, 2.24) is 0 Å². The van der Waals surface area contributed by atoms with Crippen LogP contribution in [0, 0.1) is 0 Å². The number of hydrogen-bond donors (Lipinski definition) is 14. The molecule has 12 aliphatic heterocycles. The molecule has 12 heterocycles. The first-order valence-electron chi connectivity index (χ1n) is 41.2. The Balaban J connectivity index is 0. The van der Waals surface area contributed by atoms with Gasteiger partial charge in [-0.05, 0) is 123 Å². The summed E-state index contributed by atoms with van der Waals surface area (Å²) in [5.74, 6) is -6.87. The van der Waals surface area contributed by atoms with Crippen molar-refractivity contribution in [2.24, 2.45) is 5.73 Å². The molecule has 131 heavy (non-hydrogen) atoms.